The van der Waals surface area contributed by atoms with E-state index in [9.17, 15) is 20.0 Å². The highest BCUT2D eigenvalue weighted by molar-refractivity contribution is 9.10. The molecule has 8 heteroatoms. The summed E-state index contributed by atoms with van der Waals surface area (Å²) in [7, 11) is 0. The summed E-state index contributed by atoms with van der Waals surface area (Å²) in [6.45, 7) is 0. The van der Waals surface area contributed by atoms with Crippen LogP contribution in [0.5, 0.6) is 5.75 Å². The molecule has 1 aromatic carbocycles. The number of hydrogen-bond acceptors (Lipinski definition) is 5. The number of carbonyl (C=O) groups is 2. The normalized spacial score (nSPS) is 13.6. The van der Waals surface area contributed by atoms with Gasteiger partial charge < -0.3 is 16.2 Å². The van der Waals surface area contributed by atoms with Crippen LogP contribution in [0.2, 0.25) is 0 Å². The molecular formula is C19H16BrN3O3S. The maximum Gasteiger partial charge on any atom is 0.266 e. The molecule has 1 heterocycles. The molecule has 1 aliphatic rings. The molecule has 0 saturated carbocycles. The minimum Gasteiger partial charge on any atom is -0.507 e. The molecule has 0 fully saturated rings. The van der Waals surface area contributed by atoms with E-state index in [4.69, 9.17) is 5.73 Å². The Bertz CT molecular complexity index is 1000. The number of aryl methyl sites for hydroxylation is 1. The molecule has 27 heavy (non-hydrogen) atoms. The van der Waals surface area contributed by atoms with Crippen molar-refractivity contribution >= 4 is 50.2 Å². The number of carbonyl (C=O) groups excluding carboxylic acids is 2. The highest BCUT2D eigenvalue weighted by Gasteiger charge is 2.25. The molecule has 0 atom stereocenters. The SMILES string of the molecule is N#CC(=Cc1cc(Br)ccc1O)C(=O)Nc1sc2c(c1C(N)=O)CCCC2. The van der Waals surface area contributed by atoms with Gasteiger partial charge in [0.2, 0.25) is 0 Å². The van der Waals surface area contributed by atoms with Gasteiger partial charge in [0, 0.05) is 14.9 Å². The Kier molecular flexibility index (Phi) is 5.63. The fraction of sp³-hybridized carbons (Fsp3) is 0.211. The van der Waals surface area contributed by atoms with E-state index in [1.165, 1.54) is 23.5 Å². The topological polar surface area (TPSA) is 116 Å². The summed E-state index contributed by atoms with van der Waals surface area (Å²) in [6.07, 6.45) is 4.91. The lowest BCUT2D eigenvalue weighted by molar-refractivity contribution is -0.112. The van der Waals surface area contributed by atoms with Gasteiger partial charge in [-0.1, -0.05) is 15.9 Å². The molecule has 2 aromatic rings. The molecule has 0 aliphatic heterocycles. The number of halogens is 1. The van der Waals surface area contributed by atoms with Crippen LogP contribution in [0.25, 0.3) is 6.08 Å². The van der Waals surface area contributed by atoms with Crippen molar-refractivity contribution in [1.29, 1.82) is 5.26 Å². The first-order valence-corrected chi connectivity index (χ1v) is 9.87. The van der Waals surface area contributed by atoms with Crippen LogP contribution in [0.3, 0.4) is 0 Å². The molecule has 3 rings (SSSR count). The number of nitriles is 1. The van der Waals surface area contributed by atoms with Crippen LogP contribution in [-0.2, 0) is 17.6 Å². The van der Waals surface area contributed by atoms with Crippen LogP contribution >= 0.6 is 27.3 Å². The maximum atomic E-state index is 12.6. The zero-order valence-corrected chi connectivity index (χ0v) is 16.6. The molecule has 1 aromatic heterocycles. The van der Waals surface area contributed by atoms with Gasteiger partial charge in [-0.3, -0.25) is 9.59 Å². The number of rotatable bonds is 4. The van der Waals surface area contributed by atoms with Gasteiger partial charge in [0.25, 0.3) is 11.8 Å². The third-order valence-electron chi connectivity index (χ3n) is 4.30. The van der Waals surface area contributed by atoms with Crippen molar-refractivity contribution in [3.05, 3.63) is 49.8 Å². The molecule has 0 bridgehead atoms. The number of amides is 2. The highest BCUT2D eigenvalue weighted by Crippen LogP contribution is 2.38. The Labute approximate surface area is 168 Å². The third kappa shape index (κ3) is 4.04. The van der Waals surface area contributed by atoms with Crippen molar-refractivity contribution in [2.45, 2.75) is 25.7 Å². The Balaban J connectivity index is 1.93. The van der Waals surface area contributed by atoms with E-state index in [-0.39, 0.29) is 11.3 Å². The minimum absolute atomic E-state index is 0.0526. The van der Waals surface area contributed by atoms with Crippen molar-refractivity contribution in [3.63, 3.8) is 0 Å². The lowest BCUT2D eigenvalue weighted by atomic mass is 9.95. The van der Waals surface area contributed by atoms with E-state index >= 15 is 0 Å². The molecule has 0 unspecified atom stereocenters. The lowest BCUT2D eigenvalue weighted by Crippen LogP contribution is -2.19. The van der Waals surface area contributed by atoms with Gasteiger partial charge in [0.1, 0.15) is 22.4 Å². The van der Waals surface area contributed by atoms with E-state index in [0.29, 0.717) is 20.6 Å². The zero-order chi connectivity index (χ0) is 19.6. The number of nitrogens with one attached hydrogen (secondary N) is 1. The summed E-state index contributed by atoms with van der Waals surface area (Å²) in [4.78, 5) is 25.6. The van der Waals surface area contributed by atoms with Crippen LogP contribution in [0.4, 0.5) is 5.00 Å². The van der Waals surface area contributed by atoms with Gasteiger partial charge >= 0.3 is 0 Å². The molecule has 0 spiro atoms. The van der Waals surface area contributed by atoms with Gasteiger partial charge in [-0.15, -0.1) is 11.3 Å². The summed E-state index contributed by atoms with van der Waals surface area (Å²) < 4.78 is 0.700. The number of aromatic hydroxyl groups is 1. The molecular weight excluding hydrogens is 430 g/mol. The first kappa shape index (κ1) is 19.1. The summed E-state index contributed by atoms with van der Waals surface area (Å²) in [6, 6.07) is 6.54. The summed E-state index contributed by atoms with van der Waals surface area (Å²) in [5.74, 6) is -1.29. The number of thiophene rings is 1. The number of benzene rings is 1. The third-order valence-corrected chi connectivity index (χ3v) is 6.00. The van der Waals surface area contributed by atoms with Crippen molar-refractivity contribution < 1.29 is 14.7 Å². The number of nitrogens with zero attached hydrogens (tertiary/aromatic N) is 1. The second-order valence-corrected chi connectivity index (χ2v) is 8.13. The van der Waals surface area contributed by atoms with Gasteiger partial charge in [-0.2, -0.15) is 5.26 Å². The van der Waals surface area contributed by atoms with Gasteiger partial charge in [0.05, 0.1) is 5.56 Å². The van der Waals surface area contributed by atoms with Crippen LogP contribution in [-0.4, -0.2) is 16.9 Å². The van der Waals surface area contributed by atoms with Gasteiger partial charge in [0.15, 0.2) is 0 Å². The van der Waals surface area contributed by atoms with Crippen LogP contribution in [0.1, 0.15) is 39.2 Å². The van der Waals surface area contributed by atoms with E-state index in [0.717, 1.165) is 36.1 Å². The molecule has 0 saturated heterocycles. The fourth-order valence-corrected chi connectivity index (χ4v) is 4.70. The second-order valence-electron chi connectivity index (χ2n) is 6.11. The monoisotopic (exact) mass is 445 g/mol. The van der Waals surface area contributed by atoms with E-state index in [1.54, 1.807) is 12.1 Å². The number of nitrogens with two attached hydrogens (primary N) is 1. The maximum absolute atomic E-state index is 12.6. The number of phenolic OH excluding ortho intramolecular Hbond substituents is 1. The number of hydrogen-bond donors (Lipinski definition) is 3. The molecule has 0 radical (unpaired) electrons. The van der Waals surface area contributed by atoms with Crippen molar-refractivity contribution in [1.82, 2.24) is 0 Å². The first-order valence-electron chi connectivity index (χ1n) is 8.26. The number of fused-ring (bicyclic) bond motifs is 1. The predicted molar refractivity (Wildman–Crippen MR) is 108 cm³/mol. The quantitative estimate of drug-likeness (QED) is 0.490. The van der Waals surface area contributed by atoms with Crippen molar-refractivity contribution in [2.24, 2.45) is 5.73 Å². The minimum atomic E-state index is -0.655. The fourth-order valence-electron chi connectivity index (χ4n) is 3.03. The average Bonchev–Trinajstić information content (AvgIpc) is 3.00. The summed E-state index contributed by atoms with van der Waals surface area (Å²) in [5.41, 5.74) is 6.91. The van der Waals surface area contributed by atoms with Crippen molar-refractivity contribution in [3.8, 4) is 11.8 Å². The van der Waals surface area contributed by atoms with E-state index in [1.807, 2.05) is 6.07 Å². The molecule has 4 N–H and O–H groups in total. The standard InChI is InChI=1S/C19H16BrN3O3S/c20-12-5-6-14(24)10(8-12)7-11(9-21)18(26)23-19-16(17(22)25)13-3-1-2-4-15(13)27-19/h5-8,24H,1-4H2,(H2,22,25)(H,23,26). The summed E-state index contributed by atoms with van der Waals surface area (Å²) in [5, 5.41) is 22.3. The number of primary amides is 1. The average molecular weight is 446 g/mol. The predicted octanol–water partition coefficient (Wildman–Crippen LogP) is 3.74. The number of anilines is 1. The van der Waals surface area contributed by atoms with Crippen molar-refractivity contribution in [2.75, 3.05) is 5.32 Å². The first-order chi connectivity index (χ1) is 12.9. The van der Waals surface area contributed by atoms with Gasteiger partial charge in [-0.05, 0) is 55.5 Å². The van der Waals surface area contributed by atoms with Crippen LogP contribution < -0.4 is 11.1 Å². The number of phenols is 1. The van der Waals surface area contributed by atoms with Gasteiger partial charge in [-0.25, -0.2) is 0 Å². The second kappa shape index (κ2) is 7.94. The zero-order valence-electron chi connectivity index (χ0n) is 14.2. The molecule has 138 valence electrons. The Morgan fingerprint density at radius 3 is 2.78 bits per heavy atom. The van der Waals surface area contributed by atoms with E-state index < -0.39 is 11.8 Å². The molecule has 1 aliphatic carbocycles. The Morgan fingerprint density at radius 2 is 2.07 bits per heavy atom. The molecule has 2 amide bonds. The largest absolute Gasteiger partial charge is 0.507 e. The smallest absolute Gasteiger partial charge is 0.266 e. The van der Waals surface area contributed by atoms with E-state index in [2.05, 4.69) is 21.2 Å². The Morgan fingerprint density at radius 1 is 1.33 bits per heavy atom. The molecule has 6 nitrogen and oxygen atoms in total. The highest BCUT2D eigenvalue weighted by atomic mass is 79.9. The van der Waals surface area contributed by atoms with Crippen LogP contribution in [0, 0.1) is 11.3 Å². The van der Waals surface area contributed by atoms with Crippen LogP contribution in [0.15, 0.2) is 28.2 Å². The Hall–Kier alpha value is -2.63. The lowest BCUT2D eigenvalue weighted by Gasteiger charge is -2.11. The summed E-state index contributed by atoms with van der Waals surface area (Å²) >= 11 is 4.62.